The topological polar surface area (TPSA) is 47.1 Å². The van der Waals surface area contributed by atoms with Crippen molar-refractivity contribution in [3.63, 3.8) is 0 Å². The summed E-state index contributed by atoms with van der Waals surface area (Å²) in [4.78, 5) is 6.38. The maximum absolute atomic E-state index is 13.1. The van der Waals surface area contributed by atoms with Crippen LogP contribution in [0.15, 0.2) is 36.8 Å². The van der Waals surface area contributed by atoms with Crippen LogP contribution >= 0.6 is 0 Å². The van der Waals surface area contributed by atoms with Crippen LogP contribution in [-0.2, 0) is 6.54 Å². The molecule has 1 atom stereocenters. The van der Waals surface area contributed by atoms with Gasteiger partial charge >= 0.3 is 0 Å². The summed E-state index contributed by atoms with van der Waals surface area (Å²) in [5.74, 6) is -0.229. The molecule has 1 aromatic heterocycles. The SMILES string of the molecule is CCN(c1ccc(F)cc1)C(CN)c1cncn1CC. The highest BCUT2D eigenvalue weighted by Crippen LogP contribution is 2.26. The monoisotopic (exact) mass is 276 g/mol. The first kappa shape index (κ1) is 14.5. The van der Waals surface area contributed by atoms with E-state index in [0.717, 1.165) is 24.5 Å². The highest BCUT2D eigenvalue weighted by Gasteiger charge is 2.21. The Balaban J connectivity index is 2.35. The molecule has 0 amide bonds. The molecule has 0 radical (unpaired) electrons. The van der Waals surface area contributed by atoms with Gasteiger partial charge in [0.25, 0.3) is 0 Å². The van der Waals surface area contributed by atoms with Crippen molar-refractivity contribution in [1.29, 1.82) is 0 Å². The second kappa shape index (κ2) is 6.52. The predicted octanol–water partition coefficient (Wildman–Crippen LogP) is 2.57. The number of imidazole rings is 1. The minimum absolute atomic E-state index is 0.0351. The second-order valence-corrected chi connectivity index (χ2v) is 4.62. The van der Waals surface area contributed by atoms with Crippen LogP contribution in [0.1, 0.15) is 25.6 Å². The Kier molecular flexibility index (Phi) is 4.74. The van der Waals surface area contributed by atoms with Crippen molar-refractivity contribution in [2.45, 2.75) is 26.4 Å². The summed E-state index contributed by atoms with van der Waals surface area (Å²) in [5, 5.41) is 0. The van der Waals surface area contributed by atoms with E-state index < -0.39 is 0 Å². The number of rotatable bonds is 6. The molecule has 0 bridgehead atoms. The average molecular weight is 276 g/mol. The van der Waals surface area contributed by atoms with Gasteiger partial charge in [-0.3, -0.25) is 0 Å². The fourth-order valence-electron chi connectivity index (χ4n) is 2.50. The lowest BCUT2D eigenvalue weighted by atomic mass is 10.1. The molecule has 0 aliphatic rings. The van der Waals surface area contributed by atoms with Crippen molar-refractivity contribution in [2.75, 3.05) is 18.0 Å². The van der Waals surface area contributed by atoms with Gasteiger partial charge in [-0.2, -0.15) is 0 Å². The predicted molar refractivity (Wildman–Crippen MR) is 79.1 cm³/mol. The van der Waals surface area contributed by atoms with E-state index in [4.69, 9.17) is 5.73 Å². The number of hydrogen-bond donors (Lipinski definition) is 1. The van der Waals surface area contributed by atoms with E-state index in [9.17, 15) is 4.39 Å². The quantitative estimate of drug-likeness (QED) is 0.882. The van der Waals surface area contributed by atoms with Gasteiger partial charge in [-0.1, -0.05) is 0 Å². The Morgan fingerprint density at radius 3 is 2.55 bits per heavy atom. The van der Waals surface area contributed by atoms with E-state index in [2.05, 4.69) is 28.3 Å². The Morgan fingerprint density at radius 2 is 2.00 bits per heavy atom. The van der Waals surface area contributed by atoms with Crippen LogP contribution < -0.4 is 10.6 Å². The molecule has 0 spiro atoms. The smallest absolute Gasteiger partial charge is 0.123 e. The number of aryl methyl sites for hydroxylation is 1. The zero-order chi connectivity index (χ0) is 14.5. The molecule has 108 valence electrons. The third-order valence-electron chi connectivity index (χ3n) is 3.53. The Hall–Kier alpha value is -1.88. The third kappa shape index (κ3) is 2.82. The summed E-state index contributed by atoms with van der Waals surface area (Å²) in [6, 6.07) is 6.56. The maximum Gasteiger partial charge on any atom is 0.123 e. The molecule has 0 saturated heterocycles. The number of hydrogen-bond acceptors (Lipinski definition) is 3. The van der Waals surface area contributed by atoms with E-state index >= 15 is 0 Å². The van der Waals surface area contributed by atoms with Gasteiger partial charge in [-0.25, -0.2) is 9.37 Å². The first-order valence-electron chi connectivity index (χ1n) is 6.93. The number of likely N-dealkylation sites (N-methyl/N-ethyl adjacent to an activating group) is 1. The molecule has 0 aliphatic carbocycles. The first-order valence-corrected chi connectivity index (χ1v) is 6.93. The summed E-state index contributed by atoms with van der Waals surface area (Å²) in [5.41, 5.74) is 8.02. The van der Waals surface area contributed by atoms with Gasteiger partial charge in [0.05, 0.1) is 24.3 Å². The van der Waals surface area contributed by atoms with Crippen LogP contribution in [0.2, 0.25) is 0 Å². The lowest BCUT2D eigenvalue weighted by molar-refractivity contribution is 0.580. The van der Waals surface area contributed by atoms with E-state index in [1.165, 1.54) is 12.1 Å². The highest BCUT2D eigenvalue weighted by atomic mass is 19.1. The number of nitrogens with zero attached hydrogens (tertiary/aromatic N) is 3. The maximum atomic E-state index is 13.1. The Bertz CT molecular complexity index is 535. The zero-order valence-corrected chi connectivity index (χ0v) is 12.0. The lowest BCUT2D eigenvalue weighted by Gasteiger charge is -2.32. The molecule has 0 fully saturated rings. The third-order valence-corrected chi connectivity index (χ3v) is 3.53. The van der Waals surface area contributed by atoms with Crippen LogP contribution in [0.5, 0.6) is 0 Å². The number of anilines is 1. The number of aromatic nitrogens is 2. The number of nitrogens with two attached hydrogens (primary N) is 1. The molecular weight excluding hydrogens is 255 g/mol. The van der Waals surface area contributed by atoms with Crippen molar-refractivity contribution in [1.82, 2.24) is 9.55 Å². The zero-order valence-electron chi connectivity index (χ0n) is 12.0. The molecule has 0 saturated carbocycles. The summed E-state index contributed by atoms with van der Waals surface area (Å²) in [6.45, 7) is 6.28. The summed E-state index contributed by atoms with van der Waals surface area (Å²) < 4.78 is 15.2. The summed E-state index contributed by atoms with van der Waals surface area (Å²) in [6.07, 6.45) is 3.67. The molecule has 2 aromatic rings. The van der Waals surface area contributed by atoms with Crippen molar-refractivity contribution < 1.29 is 4.39 Å². The number of halogens is 1. The molecular formula is C15H21FN4. The van der Waals surface area contributed by atoms with E-state index in [-0.39, 0.29) is 11.9 Å². The van der Waals surface area contributed by atoms with Gasteiger partial charge < -0.3 is 15.2 Å². The van der Waals surface area contributed by atoms with Gasteiger partial charge in [0.1, 0.15) is 5.82 Å². The van der Waals surface area contributed by atoms with Gasteiger partial charge in [-0.05, 0) is 38.1 Å². The second-order valence-electron chi connectivity index (χ2n) is 4.62. The number of benzene rings is 1. The van der Waals surface area contributed by atoms with Crippen molar-refractivity contribution in [3.05, 3.63) is 48.3 Å². The normalized spacial score (nSPS) is 12.4. The van der Waals surface area contributed by atoms with Crippen LogP contribution in [0.3, 0.4) is 0 Å². The molecule has 2 N–H and O–H groups in total. The first-order chi connectivity index (χ1) is 9.71. The molecule has 20 heavy (non-hydrogen) atoms. The molecule has 4 nitrogen and oxygen atoms in total. The lowest BCUT2D eigenvalue weighted by Crippen LogP contribution is -2.35. The summed E-state index contributed by atoms with van der Waals surface area (Å²) >= 11 is 0. The molecule has 1 heterocycles. The van der Waals surface area contributed by atoms with Crippen LogP contribution in [-0.4, -0.2) is 22.6 Å². The largest absolute Gasteiger partial charge is 0.362 e. The molecule has 0 aliphatic heterocycles. The van der Waals surface area contributed by atoms with Gasteiger partial charge in [0, 0.05) is 25.3 Å². The van der Waals surface area contributed by atoms with Crippen LogP contribution in [0.25, 0.3) is 0 Å². The van der Waals surface area contributed by atoms with Gasteiger partial charge in [0.15, 0.2) is 0 Å². The van der Waals surface area contributed by atoms with Crippen molar-refractivity contribution in [3.8, 4) is 0 Å². The Morgan fingerprint density at radius 1 is 1.30 bits per heavy atom. The van der Waals surface area contributed by atoms with E-state index in [1.54, 1.807) is 12.1 Å². The highest BCUT2D eigenvalue weighted by molar-refractivity contribution is 5.48. The minimum Gasteiger partial charge on any atom is -0.362 e. The molecule has 1 unspecified atom stereocenters. The van der Waals surface area contributed by atoms with Crippen molar-refractivity contribution in [2.24, 2.45) is 5.73 Å². The molecule has 1 aromatic carbocycles. The fourth-order valence-corrected chi connectivity index (χ4v) is 2.50. The molecule has 2 rings (SSSR count). The van der Waals surface area contributed by atoms with Crippen molar-refractivity contribution >= 4 is 5.69 Å². The minimum atomic E-state index is -0.229. The molecule has 5 heteroatoms. The Labute approximate surface area is 119 Å². The van der Waals surface area contributed by atoms with E-state index in [1.807, 2.05) is 12.5 Å². The van der Waals surface area contributed by atoms with Gasteiger partial charge in [0.2, 0.25) is 0 Å². The standard InChI is InChI=1S/C15H21FN4/c1-3-19-11-18-10-15(19)14(9-17)20(4-2)13-7-5-12(16)6-8-13/h5-8,10-11,14H,3-4,9,17H2,1-2H3. The average Bonchev–Trinajstić information content (AvgIpc) is 2.94. The van der Waals surface area contributed by atoms with Crippen LogP contribution in [0, 0.1) is 5.82 Å². The summed E-state index contributed by atoms with van der Waals surface area (Å²) in [7, 11) is 0. The fraction of sp³-hybridized carbons (Fsp3) is 0.400. The van der Waals surface area contributed by atoms with Gasteiger partial charge in [-0.15, -0.1) is 0 Å². The van der Waals surface area contributed by atoms with Crippen LogP contribution in [0.4, 0.5) is 10.1 Å². The van der Waals surface area contributed by atoms with E-state index in [0.29, 0.717) is 6.54 Å².